The number of nitrogens with one attached hydrogen (secondary N) is 1. The Morgan fingerprint density at radius 3 is 2.71 bits per heavy atom. The van der Waals surface area contributed by atoms with Gasteiger partial charge in [0, 0.05) is 18.3 Å². The fraction of sp³-hybridized carbons (Fsp3) is 0.571. The Labute approximate surface area is 122 Å². The minimum atomic E-state index is -1.22. The summed E-state index contributed by atoms with van der Waals surface area (Å²) in [7, 11) is 0. The van der Waals surface area contributed by atoms with Crippen molar-refractivity contribution in [3.05, 3.63) is 27.9 Å². The first-order valence-corrected chi connectivity index (χ1v) is 7.02. The van der Waals surface area contributed by atoms with Crippen molar-refractivity contribution in [2.24, 2.45) is 11.8 Å². The topological polar surface area (TPSA) is 105 Å². The second-order valence-electron chi connectivity index (χ2n) is 5.76. The summed E-state index contributed by atoms with van der Waals surface area (Å²) in [6.07, 6.45) is 4.08. The number of anilines is 1. The molecule has 1 heterocycles. The normalized spacial score (nSPS) is 25.3. The zero-order valence-electron chi connectivity index (χ0n) is 12.1. The van der Waals surface area contributed by atoms with Gasteiger partial charge in [-0.3, -0.25) is 10.1 Å². The monoisotopic (exact) mass is 293 g/mol. The molecule has 114 valence electrons. The largest absolute Gasteiger partial charge is 0.478 e. The first kappa shape index (κ1) is 15.2. The van der Waals surface area contributed by atoms with Crippen LogP contribution in [0.2, 0.25) is 0 Å². The molecular weight excluding hydrogens is 274 g/mol. The van der Waals surface area contributed by atoms with Crippen LogP contribution in [0.4, 0.5) is 11.5 Å². The molecule has 1 aromatic rings. The van der Waals surface area contributed by atoms with Crippen LogP contribution in [-0.4, -0.2) is 27.0 Å². The standard InChI is InChI=1S/C14H19N3O4/c1-8-3-4-11(5-9(8)2)16-13-12(17(20)21)6-10(7-15-13)14(18)19/h6-9,11H,3-5H2,1-2H3,(H,15,16)(H,18,19). The van der Waals surface area contributed by atoms with Crippen molar-refractivity contribution in [1.29, 1.82) is 0 Å². The molecule has 0 amide bonds. The van der Waals surface area contributed by atoms with Gasteiger partial charge in [0.15, 0.2) is 0 Å². The fourth-order valence-corrected chi connectivity index (χ4v) is 2.69. The van der Waals surface area contributed by atoms with Crippen molar-refractivity contribution in [3.63, 3.8) is 0 Å². The van der Waals surface area contributed by atoms with Crippen molar-refractivity contribution < 1.29 is 14.8 Å². The van der Waals surface area contributed by atoms with Crippen molar-refractivity contribution in [2.45, 2.75) is 39.2 Å². The Hall–Kier alpha value is -2.18. The summed E-state index contributed by atoms with van der Waals surface area (Å²) in [5.74, 6) is 0.128. The summed E-state index contributed by atoms with van der Waals surface area (Å²) < 4.78 is 0. The van der Waals surface area contributed by atoms with Crippen LogP contribution < -0.4 is 5.32 Å². The van der Waals surface area contributed by atoms with Gasteiger partial charge in [0.1, 0.15) is 0 Å². The Balaban J connectivity index is 2.19. The average Bonchev–Trinajstić information content (AvgIpc) is 2.43. The van der Waals surface area contributed by atoms with Crippen LogP contribution in [0.15, 0.2) is 12.3 Å². The highest BCUT2D eigenvalue weighted by atomic mass is 16.6. The molecule has 7 heteroatoms. The molecule has 3 atom stereocenters. The molecule has 0 radical (unpaired) electrons. The smallest absolute Gasteiger partial charge is 0.337 e. The summed E-state index contributed by atoms with van der Waals surface area (Å²) in [5.41, 5.74) is -0.473. The zero-order chi connectivity index (χ0) is 15.6. The number of carboxylic acids is 1. The number of aromatic carboxylic acids is 1. The Morgan fingerprint density at radius 2 is 2.14 bits per heavy atom. The summed E-state index contributed by atoms with van der Waals surface area (Å²) in [6, 6.07) is 1.19. The molecule has 0 aliphatic heterocycles. The van der Waals surface area contributed by atoms with Gasteiger partial charge in [-0.25, -0.2) is 9.78 Å². The van der Waals surface area contributed by atoms with Crippen molar-refractivity contribution in [1.82, 2.24) is 4.98 Å². The number of carboxylic acid groups (broad SMARTS) is 1. The molecule has 2 rings (SSSR count). The zero-order valence-corrected chi connectivity index (χ0v) is 12.1. The SMILES string of the molecule is CC1CCC(Nc2ncc(C(=O)O)cc2[N+](=O)[O-])CC1C. The maximum atomic E-state index is 11.1. The number of nitro groups is 1. The van der Waals surface area contributed by atoms with Gasteiger partial charge in [-0.05, 0) is 31.1 Å². The molecule has 0 spiro atoms. The average molecular weight is 293 g/mol. The van der Waals surface area contributed by atoms with Gasteiger partial charge in [0.25, 0.3) is 0 Å². The number of hydrogen-bond acceptors (Lipinski definition) is 5. The van der Waals surface area contributed by atoms with Crippen molar-refractivity contribution in [2.75, 3.05) is 5.32 Å². The highest BCUT2D eigenvalue weighted by molar-refractivity contribution is 5.88. The maximum absolute atomic E-state index is 11.1. The van der Waals surface area contributed by atoms with Crippen LogP contribution in [-0.2, 0) is 0 Å². The Morgan fingerprint density at radius 1 is 1.43 bits per heavy atom. The molecule has 3 unspecified atom stereocenters. The predicted octanol–water partition coefficient (Wildman–Crippen LogP) is 2.92. The van der Waals surface area contributed by atoms with E-state index in [2.05, 4.69) is 24.1 Å². The van der Waals surface area contributed by atoms with E-state index in [0.29, 0.717) is 11.8 Å². The lowest BCUT2D eigenvalue weighted by molar-refractivity contribution is -0.384. The highest BCUT2D eigenvalue weighted by Gasteiger charge is 2.27. The summed E-state index contributed by atoms with van der Waals surface area (Å²) >= 11 is 0. The fourth-order valence-electron chi connectivity index (χ4n) is 2.69. The minimum Gasteiger partial charge on any atom is -0.478 e. The molecule has 0 bridgehead atoms. The van der Waals surface area contributed by atoms with E-state index in [9.17, 15) is 14.9 Å². The predicted molar refractivity (Wildman–Crippen MR) is 77.4 cm³/mol. The molecule has 1 fully saturated rings. The second-order valence-corrected chi connectivity index (χ2v) is 5.76. The third-order valence-electron chi connectivity index (χ3n) is 4.25. The van der Waals surface area contributed by atoms with E-state index < -0.39 is 10.9 Å². The first-order valence-electron chi connectivity index (χ1n) is 7.02. The molecule has 1 aliphatic rings. The summed E-state index contributed by atoms with van der Waals surface area (Å²) in [5, 5.41) is 23.1. The van der Waals surface area contributed by atoms with Gasteiger partial charge in [-0.2, -0.15) is 0 Å². The van der Waals surface area contributed by atoms with Gasteiger partial charge >= 0.3 is 11.7 Å². The molecule has 0 aromatic carbocycles. The lowest BCUT2D eigenvalue weighted by atomic mass is 9.79. The third-order valence-corrected chi connectivity index (χ3v) is 4.25. The van der Waals surface area contributed by atoms with E-state index in [1.807, 2.05) is 0 Å². The van der Waals surface area contributed by atoms with E-state index in [0.717, 1.165) is 31.5 Å². The van der Waals surface area contributed by atoms with Gasteiger partial charge in [-0.15, -0.1) is 0 Å². The van der Waals surface area contributed by atoms with Crippen LogP contribution in [0.1, 0.15) is 43.5 Å². The van der Waals surface area contributed by atoms with Crippen LogP contribution in [0.5, 0.6) is 0 Å². The number of rotatable bonds is 4. The van der Waals surface area contributed by atoms with Gasteiger partial charge in [-0.1, -0.05) is 13.8 Å². The number of aromatic nitrogens is 1. The van der Waals surface area contributed by atoms with E-state index >= 15 is 0 Å². The van der Waals surface area contributed by atoms with E-state index in [1.54, 1.807) is 0 Å². The number of pyridine rings is 1. The van der Waals surface area contributed by atoms with Crippen LogP contribution in [0, 0.1) is 22.0 Å². The van der Waals surface area contributed by atoms with Gasteiger partial charge in [0.2, 0.25) is 5.82 Å². The Kier molecular flexibility index (Phi) is 4.40. The van der Waals surface area contributed by atoms with Crippen LogP contribution in [0.25, 0.3) is 0 Å². The summed E-state index contributed by atoms with van der Waals surface area (Å²) in [4.78, 5) is 25.3. The molecule has 0 saturated heterocycles. The van der Waals surface area contributed by atoms with E-state index in [4.69, 9.17) is 5.11 Å². The molecule has 21 heavy (non-hydrogen) atoms. The van der Waals surface area contributed by atoms with Crippen LogP contribution >= 0.6 is 0 Å². The lowest BCUT2D eigenvalue weighted by Crippen LogP contribution is -2.30. The quantitative estimate of drug-likeness (QED) is 0.653. The lowest BCUT2D eigenvalue weighted by Gasteiger charge is -2.32. The minimum absolute atomic E-state index is 0.137. The Bertz CT molecular complexity index is 561. The second kappa shape index (κ2) is 6.07. The molecule has 1 aromatic heterocycles. The maximum Gasteiger partial charge on any atom is 0.337 e. The third kappa shape index (κ3) is 3.48. The van der Waals surface area contributed by atoms with E-state index in [-0.39, 0.29) is 23.1 Å². The molecule has 7 nitrogen and oxygen atoms in total. The van der Waals surface area contributed by atoms with Gasteiger partial charge in [0.05, 0.1) is 10.5 Å². The first-order chi connectivity index (χ1) is 9.88. The molecular formula is C14H19N3O4. The molecule has 1 saturated carbocycles. The molecule has 1 aliphatic carbocycles. The van der Waals surface area contributed by atoms with Crippen molar-refractivity contribution >= 4 is 17.5 Å². The number of hydrogen-bond donors (Lipinski definition) is 2. The highest BCUT2D eigenvalue weighted by Crippen LogP contribution is 2.32. The van der Waals surface area contributed by atoms with Gasteiger partial charge < -0.3 is 10.4 Å². The number of nitrogens with zero attached hydrogens (tertiary/aromatic N) is 2. The number of carbonyl (C=O) groups is 1. The van der Waals surface area contributed by atoms with E-state index in [1.165, 1.54) is 0 Å². The van der Waals surface area contributed by atoms with Crippen LogP contribution in [0.3, 0.4) is 0 Å². The van der Waals surface area contributed by atoms with Crippen molar-refractivity contribution in [3.8, 4) is 0 Å². The summed E-state index contributed by atoms with van der Waals surface area (Å²) in [6.45, 7) is 4.39. The molecule has 2 N–H and O–H groups in total.